The molecule has 2 aromatic rings. The molecule has 2 aromatic carbocycles. The van der Waals surface area contributed by atoms with Gasteiger partial charge in [-0.2, -0.15) is 0 Å². The van der Waals surface area contributed by atoms with E-state index in [1.165, 1.54) is 21.0 Å². The maximum Gasteiger partial charge on any atom is 0.417 e. The summed E-state index contributed by atoms with van der Waals surface area (Å²) in [6.45, 7) is 9.58. The van der Waals surface area contributed by atoms with Gasteiger partial charge in [-0.1, -0.05) is 88.4 Å². The van der Waals surface area contributed by atoms with Crippen molar-refractivity contribution in [3.63, 3.8) is 0 Å². The molecule has 2 unspecified atom stereocenters. The van der Waals surface area contributed by atoms with E-state index in [0.717, 1.165) is 5.56 Å². The van der Waals surface area contributed by atoms with Crippen molar-refractivity contribution >= 4 is 35.7 Å². The van der Waals surface area contributed by atoms with Crippen molar-refractivity contribution < 1.29 is 43.3 Å². The highest BCUT2D eigenvalue weighted by Gasteiger charge is 2.36. The Bertz CT molecular complexity index is 1450. The van der Waals surface area contributed by atoms with E-state index in [1.807, 2.05) is 6.07 Å². The van der Waals surface area contributed by atoms with Crippen molar-refractivity contribution in [2.24, 2.45) is 17.6 Å². The predicted molar refractivity (Wildman–Crippen MR) is 189 cm³/mol. The quantitative estimate of drug-likeness (QED) is 0.143. The number of hydrogen-bond acceptors (Lipinski definition) is 10. The number of nitrogens with one attached hydrogen (secondary N) is 3. The van der Waals surface area contributed by atoms with Gasteiger partial charge in [0, 0.05) is 6.42 Å². The van der Waals surface area contributed by atoms with Gasteiger partial charge in [-0.25, -0.2) is 14.5 Å². The lowest BCUT2D eigenvalue weighted by Crippen LogP contribution is -2.57. The van der Waals surface area contributed by atoms with Crippen LogP contribution in [0.4, 0.5) is 4.79 Å². The van der Waals surface area contributed by atoms with Crippen LogP contribution in [0.25, 0.3) is 0 Å². The fourth-order valence-corrected chi connectivity index (χ4v) is 5.15. The average Bonchev–Trinajstić information content (AvgIpc) is 3.10. The summed E-state index contributed by atoms with van der Waals surface area (Å²) in [5, 5.41) is 19.4. The first-order valence-electron chi connectivity index (χ1n) is 17.1. The second-order valence-electron chi connectivity index (χ2n) is 13.2. The van der Waals surface area contributed by atoms with Crippen LogP contribution in [0.1, 0.15) is 65.5 Å². The first-order valence-corrected chi connectivity index (χ1v) is 17.1. The van der Waals surface area contributed by atoms with Gasteiger partial charge in [0.25, 0.3) is 0 Å². The molecule has 14 heteroatoms. The third-order valence-corrected chi connectivity index (χ3v) is 8.24. The Hall–Kier alpha value is -4.82. The van der Waals surface area contributed by atoms with Crippen LogP contribution >= 0.6 is 0 Å². The van der Waals surface area contributed by atoms with Crippen molar-refractivity contribution in [1.29, 1.82) is 0 Å². The lowest BCUT2D eigenvalue weighted by atomic mass is 9.97. The van der Waals surface area contributed by atoms with E-state index in [0.29, 0.717) is 10.5 Å². The number of aliphatic hydroxyl groups is 1. The SMILES string of the molecule is COC(=O)C(NC(=O)C(NC(=O)CC[C@H](O)[C@H](Cc1ccccc1)NC(=O)[C@H](C)N(C(=O)OCc1ccccc1)C(=O)[C@H](C)N)C(C)C)C(C)C. The van der Waals surface area contributed by atoms with Gasteiger partial charge in [0.2, 0.25) is 23.6 Å². The minimum absolute atomic E-state index is 0.108. The molecule has 0 radical (unpaired) electrons. The second-order valence-corrected chi connectivity index (χ2v) is 13.2. The number of carbonyl (C=O) groups excluding carboxylic acids is 6. The first-order chi connectivity index (χ1) is 24.1. The maximum absolute atomic E-state index is 13.6. The molecule has 6 atom stereocenters. The van der Waals surface area contributed by atoms with E-state index >= 15 is 0 Å². The number of rotatable bonds is 18. The second kappa shape index (κ2) is 20.8. The number of nitrogens with two attached hydrogens (primary N) is 1. The highest BCUT2D eigenvalue weighted by Crippen LogP contribution is 2.15. The molecule has 0 bridgehead atoms. The molecule has 0 aliphatic carbocycles. The highest BCUT2D eigenvalue weighted by atomic mass is 16.6. The summed E-state index contributed by atoms with van der Waals surface area (Å²) < 4.78 is 10.1. The Kier molecular flexibility index (Phi) is 17.2. The van der Waals surface area contributed by atoms with E-state index in [1.54, 1.807) is 82.3 Å². The van der Waals surface area contributed by atoms with Gasteiger partial charge in [-0.3, -0.25) is 19.2 Å². The van der Waals surface area contributed by atoms with Gasteiger partial charge < -0.3 is 36.3 Å². The molecular weight excluding hydrogens is 658 g/mol. The van der Waals surface area contributed by atoms with Gasteiger partial charge in [-0.15, -0.1) is 0 Å². The monoisotopic (exact) mass is 711 g/mol. The van der Waals surface area contributed by atoms with E-state index in [2.05, 4.69) is 16.0 Å². The van der Waals surface area contributed by atoms with Crippen LogP contribution in [0, 0.1) is 11.8 Å². The molecule has 6 N–H and O–H groups in total. The summed E-state index contributed by atoms with van der Waals surface area (Å²) in [5.74, 6) is -3.88. The van der Waals surface area contributed by atoms with E-state index in [-0.39, 0.29) is 37.7 Å². The predicted octanol–water partition coefficient (Wildman–Crippen LogP) is 2.21. The molecule has 2 rings (SSSR count). The molecule has 51 heavy (non-hydrogen) atoms. The normalized spacial score (nSPS) is 14.6. The average molecular weight is 712 g/mol. The first kappa shape index (κ1) is 42.3. The molecule has 0 saturated carbocycles. The summed E-state index contributed by atoms with van der Waals surface area (Å²) in [4.78, 5) is 78.8. The Morgan fingerprint density at radius 1 is 0.765 bits per heavy atom. The molecule has 14 nitrogen and oxygen atoms in total. The molecule has 0 aliphatic rings. The number of nitrogens with zero attached hydrogens (tertiary/aromatic N) is 1. The van der Waals surface area contributed by atoms with Crippen LogP contribution in [-0.4, -0.2) is 89.1 Å². The number of aliphatic hydroxyl groups excluding tert-OH is 1. The van der Waals surface area contributed by atoms with Crippen LogP contribution < -0.4 is 21.7 Å². The van der Waals surface area contributed by atoms with E-state index in [4.69, 9.17) is 15.2 Å². The zero-order chi connectivity index (χ0) is 38.2. The summed E-state index contributed by atoms with van der Waals surface area (Å²) in [5.41, 5.74) is 7.26. The van der Waals surface area contributed by atoms with Crippen LogP contribution in [0.3, 0.4) is 0 Å². The highest BCUT2D eigenvalue weighted by molar-refractivity contribution is 5.99. The lowest BCUT2D eigenvalue weighted by molar-refractivity contribution is -0.146. The molecule has 0 fully saturated rings. The molecular formula is C37H53N5O9. The third kappa shape index (κ3) is 13.4. The Morgan fingerprint density at radius 2 is 1.31 bits per heavy atom. The standard InChI is InChI=1S/C37H53N5O9/c1-22(2)31(34(46)41-32(23(3)4)36(48)50-7)40-30(44)19-18-29(43)28(20-26-14-10-8-11-15-26)39-33(45)25(6)42(35(47)24(5)38)37(49)51-21-27-16-12-9-13-17-27/h8-17,22-25,28-29,31-32,43H,18-21,38H2,1-7H3,(H,39,45)(H,40,44)(H,41,46)/t24-,25-,28-,29-,31?,32?/m0/s1. The Labute approximate surface area is 299 Å². The number of methoxy groups -OCH3 is 1. The molecule has 0 spiro atoms. The van der Waals surface area contributed by atoms with Gasteiger partial charge in [-0.05, 0) is 49.7 Å². The van der Waals surface area contributed by atoms with E-state index < -0.39 is 72.0 Å². The van der Waals surface area contributed by atoms with Crippen LogP contribution in [0.15, 0.2) is 60.7 Å². The van der Waals surface area contributed by atoms with Gasteiger partial charge in [0.15, 0.2) is 0 Å². The largest absolute Gasteiger partial charge is 0.467 e. The number of benzene rings is 2. The zero-order valence-corrected chi connectivity index (χ0v) is 30.5. The van der Waals surface area contributed by atoms with Crippen LogP contribution in [-0.2, 0) is 46.5 Å². The number of imide groups is 1. The van der Waals surface area contributed by atoms with Crippen molar-refractivity contribution in [1.82, 2.24) is 20.9 Å². The summed E-state index contributed by atoms with van der Waals surface area (Å²) >= 11 is 0. The van der Waals surface area contributed by atoms with Gasteiger partial charge >= 0.3 is 12.1 Å². The number of esters is 1. The summed E-state index contributed by atoms with van der Waals surface area (Å²) in [6, 6.07) is 12.5. The molecule has 0 saturated heterocycles. The number of carbonyl (C=O) groups is 6. The molecule has 0 heterocycles. The number of ether oxygens (including phenoxy) is 2. The fourth-order valence-electron chi connectivity index (χ4n) is 5.15. The Morgan fingerprint density at radius 3 is 1.82 bits per heavy atom. The number of hydrogen-bond donors (Lipinski definition) is 5. The van der Waals surface area contributed by atoms with E-state index in [9.17, 15) is 33.9 Å². The minimum atomic E-state index is -1.37. The van der Waals surface area contributed by atoms with Crippen molar-refractivity contribution in [2.75, 3.05) is 7.11 Å². The topological polar surface area (TPSA) is 206 Å². The third-order valence-electron chi connectivity index (χ3n) is 8.24. The van der Waals surface area contributed by atoms with Crippen molar-refractivity contribution in [3.05, 3.63) is 71.8 Å². The summed E-state index contributed by atoms with van der Waals surface area (Å²) in [6.07, 6.45) is -2.48. The minimum Gasteiger partial charge on any atom is -0.467 e. The maximum atomic E-state index is 13.6. The molecule has 280 valence electrons. The zero-order valence-electron chi connectivity index (χ0n) is 30.5. The van der Waals surface area contributed by atoms with Gasteiger partial charge in [0.05, 0.1) is 25.3 Å². The molecule has 5 amide bonds. The van der Waals surface area contributed by atoms with Crippen LogP contribution in [0.2, 0.25) is 0 Å². The van der Waals surface area contributed by atoms with Crippen molar-refractivity contribution in [3.8, 4) is 0 Å². The molecule has 0 aromatic heterocycles. The lowest BCUT2D eigenvalue weighted by Gasteiger charge is -2.30. The summed E-state index contributed by atoms with van der Waals surface area (Å²) in [7, 11) is 1.22. The fraction of sp³-hybridized carbons (Fsp3) is 0.514. The van der Waals surface area contributed by atoms with Crippen molar-refractivity contribution in [2.45, 2.75) is 104 Å². The van der Waals surface area contributed by atoms with Crippen LogP contribution in [0.5, 0.6) is 0 Å². The molecule has 0 aliphatic heterocycles. The van der Waals surface area contributed by atoms with Gasteiger partial charge in [0.1, 0.15) is 24.7 Å². The number of amides is 5. The Balaban J connectivity index is 2.19. The smallest absolute Gasteiger partial charge is 0.417 e.